The van der Waals surface area contributed by atoms with Gasteiger partial charge in [0.2, 0.25) is 0 Å². The van der Waals surface area contributed by atoms with Crippen molar-refractivity contribution in [2.75, 3.05) is 26.7 Å². The summed E-state index contributed by atoms with van der Waals surface area (Å²) in [5, 5.41) is 0. The maximum atomic E-state index is 13.1. The van der Waals surface area contributed by atoms with Gasteiger partial charge in [-0.05, 0) is 32.6 Å². The molecule has 1 heterocycles. The zero-order valence-electron chi connectivity index (χ0n) is 12.4. The second-order valence-corrected chi connectivity index (χ2v) is 8.13. The molecule has 0 atom stereocenters. The molecule has 0 bridgehead atoms. The summed E-state index contributed by atoms with van der Waals surface area (Å²) >= 11 is 2.41. The molecule has 0 amide bonds. The van der Waals surface area contributed by atoms with Crippen LogP contribution in [0.5, 0.6) is 0 Å². The van der Waals surface area contributed by atoms with E-state index in [2.05, 4.69) is 27.6 Å². The van der Waals surface area contributed by atoms with Crippen molar-refractivity contribution >= 4 is 28.8 Å². The first-order chi connectivity index (χ1) is 9.75. The summed E-state index contributed by atoms with van der Waals surface area (Å²) < 4.78 is 44.5. The lowest BCUT2D eigenvalue weighted by atomic mass is 9.82. The molecule has 0 spiro atoms. The van der Waals surface area contributed by atoms with Crippen molar-refractivity contribution < 1.29 is 17.9 Å². The molecule has 1 saturated carbocycles. The van der Waals surface area contributed by atoms with Crippen molar-refractivity contribution in [1.29, 1.82) is 0 Å². The van der Waals surface area contributed by atoms with Crippen LogP contribution in [0.4, 0.5) is 13.2 Å². The fraction of sp³-hybridized carbons (Fsp3) is 0.929. The average molecular weight is 418 g/mol. The van der Waals surface area contributed by atoms with Gasteiger partial charge in [-0.2, -0.15) is 13.2 Å². The van der Waals surface area contributed by atoms with E-state index >= 15 is 0 Å². The van der Waals surface area contributed by atoms with Crippen LogP contribution in [-0.4, -0.2) is 59.1 Å². The van der Waals surface area contributed by atoms with E-state index in [1.165, 1.54) is 0 Å². The highest BCUT2D eigenvalue weighted by Gasteiger charge is 2.63. The summed E-state index contributed by atoms with van der Waals surface area (Å²) in [6.45, 7) is 1.67. The summed E-state index contributed by atoms with van der Waals surface area (Å²) in [6, 6.07) is 0.245. The molecule has 1 aliphatic heterocycles. The van der Waals surface area contributed by atoms with Gasteiger partial charge in [0, 0.05) is 39.0 Å². The Morgan fingerprint density at radius 1 is 1.33 bits per heavy atom. The van der Waals surface area contributed by atoms with Crippen LogP contribution in [0.15, 0.2) is 4.99 Å². The molecule has 0 N–H and O–H groups in total. The molecule has 2 aliphatic rings. The molecule has 0 aromatic rings. The van der Waals surface area contributed by atoms with Gasteiger partial charge in [-0.25, -0.2) is 0 Å². The summed E-state index contributed by atoms with van der Waals surface area (Å²) in [5.74, 6) is 0. The van der Waals surface area contributed by atoms with Crippen molar-refractivity contribution in [3.63, 3.8) is 0 Å². The number of likely N-dealkylation sites (tertiary alicyclic amines) is 1. The van der Waals surface area contributed by atoms with Gasteiger partial charge in [0.15, 0.2) is 5.60 Å². The van der Waals surface area contributed by atoms with Crippen LogP contribution in [0.2, 0.25) is 0 Å². The van der Waals surface area contributed by atoms with E-state index in [0.29, 0.717) is 0 Å². The van der Waals surface area contributed by atoms with Crippen LogP contribution >= 0.6 is 22.6 Å². The summed E-state index contributed by atoms with van der Waals surface area (Å²) in [6.07, 6.45) is 1.49. The predicted molar refractivity (Wildman–Crippen MR) is 85.4 cm³/mol. The van der Waals surface area contributed by atoms with Crippen LogP contribution in [0, 0.1) is 0 Å². The van der Waals surface area contributed by atoms with Crippen molar-refractivity contribution in [2.24, 2.45) is 4.99 Å². The van der Waals surface area contributed by atoms with Gasteiger partial charge < -0.3 is 4.74 Å². The molecule has 21 heavy (non-hydrogen) atoms. The smallest absolute Gasteiger partial charge is 0.363 e. The van der Waals surface area contributed by atoms with Gasteiger partial charge in [0.05, 0.1) is 3.42 Å². The van der Waals surface area contributed by atoms with Gasteiger partial charge in [0.25, 0.3) is 0 Å². The second-order valence-electron chi connectivity index (χ2n) is 5.98. The molecule has 0 radical (unpaired) electrons. The number of aliphatic imine (C=N–C) groups is 1. The van der Waals surface area contributed by atoms with Crippen LogP contribution in [0.3, 0.4) is 0 Å². The molecule has 0 unspecified atom stereocenters. The van der Waals surface area contributed by atoms with Gasteiger partial charge in [-0.3, -0.25) is 9.89 Å². The molecule has 1 aliphatic carbocycles. The first-order valence-electron chi connectivity index (χ1n) is 7.32. The quantitative estimate of drug-likeness (QED) is 0.397. The molecule has 3 nitrogen and oxygen atoms in total. The molecular weight excluding hydrogens is 396 g/mol. The van der Waals surface area contributed by atoms with Gasteiger partial charge in [-0.1, -0.05) is 22.6 Å². The maximum absolute atomic E-state index is 13.1. The molecule has 0 aromatic carbocycles. The van der Waals surface area contributed by atoms with Crippen molar-refractivity contribution in [3.8, 4) is 0 Å². The molecular formula is C14H22F3IN2O. The predicted octanol–water partition coefficient (Wildman–Crippen LogP) is 3.46. The largest absolute Gasteiger partial charge is 0.419 e. The fourth-order valence-electron chi connectivity index (χ4n) is 3.30. The van der Waals surface area contributed by atoms with E-state index in [1.807, 2.05) is 11.1 Å². The zero-order chi connectivity index (χ0) is 15.7. The third-order valence-corrected chi connectivity index (χ3v) is 5.87. The SMILES string of the molecule is CCOC1(C(F)(F)F)CN(C2CCC(I)(C=NC)CC2)C1. The highest BCUT2D eigenvalue weighted by molar-refractivity contribution is 14.1. The minimum Gasteiger partial charge on any atom is -0.363 e. The van der Waals surface area contributed by atoms with E-state index in [-0.39, 0.29) is 29.2 Å². The number of halogens is 4. The summed E-state index contributed by atoms with van der Waals surface area (Å²) in [7, 11) is 1.77. The van der Waals surface area contributed by atoms with Crippen LogP contribution in [0.25, 0.3) is 0 Å². The minimum atomic E-state index is -4.28. The summed E-state index contributed by atoms with van der Waals surface area (Å²) in [5.41, 5.74) is -1.94. The summed E-state index contributed by atoms with van der Waals surface area (Å²) in [4.78, 5) is 6.03. The van der Waals surface area contributed by atoms with E-state index < -0.39 is 11.8 Å². The molecule has 122 valence electrons. The van der Waals surface area contributed by atoms with E-state index in [1.54, 1.807) is 14.0 Å². The maximum Gasteiger partial charge on any atom is 0.419 e. The van der Waals surface area contributed by atoms with Crippen LogP contribution in [-0.2, 0) is 4.74 Å². The number of hydrogen-bond acceptors (Lipinski definition) is 3. The molecule has 0 aromatic heterocycles. The van der Waals surface area contributed by atoms with Gasteiger partial charge in [-0.15, -0.1) is 0 Å². The Labute approximate surface area is 137 Å². The highest BCUT2D eigenvalue weighted by atomic mass is 127. The van der Waals surface area contributed by atoms with Crippen molar-refractivity contribution in [1.82, 2.24) is 4.90 Å². The van der Waals surface area contributed by atoms with Crippen LogP contribution < -0.4 is 0 Å². The third-order valence-electron chi connectivity index (χ3n) is 4.52. The lowest BCUT2D eigenvalue weighted by Gasteiger charge is -2.54. The Balaban J connectivity index is 1.90. The fourth-order valence-corrected chi connectivity index (χ4v) is 4.21. The molecule has 7 heteroatoms. The van der Waals surface area contributed by atoms with E-state index in [0.717, 1.165) is 25.7 Å². The van der Waals surface area contributed by atoms with Gasteiger partial charge >= 0.3 is 6.18 Å². The number of ether oxygens (including phenoxy) is 1. The van der Waals surface area contributed by atoms with Crippen LogP contribution in [0.1, 0.15) is 32.6 Å². The third kappa shape index (κ3) is 3.55. The highest BCUT2D eigenvalue weighted by Crippen LogP contribution is 2.45. The van der Waals surface area contributed by atoms with Gasteiger partial charge in [0.1, 0.15) is 0 Å². The Bertz CT molecular complexity index is 386. The molecule has 1 saturated heterocycles. The monoisotopic (exact) mass is 418 g/mol. The second kappa shape index (κ2) is 6.31. The number of rotatable bonds is 4. The normalized spacial score (nSPS) is 34.1. The Hall–Kier alpha value is 0.110. The standard InChI is InChI=1S/C14H22F3IN2O/c1-3-21-13(14(15,16)17)9-20(10-13)11-4-6-12(18,7-5-11)8-19-2/h8,11H,3-7,9-10H2,1-2H3. The number of nitrogens with zero attached hydrogens (tertiary/aromatic N) is 2. The first kappa shape index (κ1) is 17.5. The lowest BCUT2D eigenvalue weighted by Crippen LogP contribution is -2.72. The zero-order valence-corrected chi connectivity index (χ0v) is 14.6. The Morgan fingerprint density at radius 2 is 1.90 bits per heavy atom. The average Bonchev–Trinajstić information content (AvgIpc) is 2.33. The minimum absolute atomic E-state index is 0.0227. The van der Waals surface area contributed by atoms with Crippen molar-refractivity contribution in [2.45, 2.75) is 53.8 Å². The lowest BCUT2D eigenvalue weighted by molar-refractivity contribution is -0.322. The number of alkyl halides is 4. The Morgan fingerprint density at radius 3 is 2.33 bits per heavy atom. The topological polar surface area (TPSA) is 24.8 Å². The molecule has 2 fully saturated rings. The first-order valence-corrected chi connectivity index (χ1v) is 8.40. The van der Waals surface area contributed by atoms with E-state index in [4.69, 9.17) is 4.74 Å². The van der Waals surface area contributed by atoms with Crippen molar-refractivity contribution in [3.05, 3.63) is 0 Å². The Kier molecular flexibility index (Phi) is 5.25. The number of hydrogen-bond donors (Lipinski definition) is 0. The molecule has 2 rings (SSSR count). The van der Waals surface area contributed by atoms with E-state index in [9.17, 15) is 13.2 Å².